The maximum atomic E-state index is 11.7. The molecule has 0 bridgehead atoms. The average Bonchev–Trinajstić information content (AvgIpc) is 3.02. The van der Waals surface area contributed by atoms with Crippen molar-refractivity contribution in [3.8, 4) is 5.75 Å². The Kier molecular flexibility index (Phi) is 5.74. The zero-order chi connectivity index (χ0) is 16.7. The number of hydrogen-bond donors (Lipinski definition) is 0. The van der Waals surface area contributed by atoms with Gasteiger partial charge < -0.3 is 14.2 Å². The van der Waals surface area contributed by atoms with Gasteiger partial charge in [0.05, 0.1) is 20.8 Å². The summed E-state index contributed by atoms with van der Waals surface area (Å²) in [5.74, 6) is -0.387. The summed E-state index contributed by atoms with van der Waals surface area (Å²) in [5, 5.41) is 4.08. The molecule has 2 rings (SSSR count). The molecule has 0 unspecified atom stereocenters. The fourth-order valence-electron chi connectivity index (χ4n) is 1.98. The fraction of sp³-hybridized carbons (Fsp3) is 0.312. The molecule has 0 radical (unpaired) electrons. The SMILES string of the molecule is COC(=O)c1cc(C(=O)OC)n(CCCOc2ccccc2)n1. The number of esters is 2. The van der Waals surface area contributed by atoms with E-state index in [-0.39, 0.29) is 11.4 Å². The summed E-state index contributed by atoms with van der Waals surface area (Å²) in [6, 6.07) is 10.8. The van der Waals surface area contributed by atoms with Crippen molar-refractivity contribution >= 4 is 11.9 Å². The van der Waals surface area contributed by atoms with Crippen LogP contribution in [0.1, 0.15) is 27.4 Å². The van der Waals surface area contributed by atoms with Crippen molar-refractivity contribution in [2.24, 2.45) is 0 Å². The Labute approximate surface area is 133 Å². The van der Waals surface area contributed by atoms with Crippen LogP contribution in [0, 0.1) is 0 Å². The number of carbonyl (C=O) groups excluding carboxylic acids is 2. The molecular formula is C16H18N2O5. The Morgan fingerprint density at radius 1 is 1.09 bits per heavy atom. The minimum absolute atomic E-state index is 0.0666. The van der Waals surface area contributed by atoms with Crippen LogP contribution in [0.3, 0.4) is 0 Å². The summed E-state index contributed by atoms with van der Waals surface area (Å²) < 4.78 is 16.3. The zero-order valence-corrected chi connectivity index (χ0v) is 13.0. The first kappa shape index (κ1) is 16.5. The molecule has 0 saturated heterocycles. The molecule has 1 aromatic heterocycles. The number of para-hydroxylation sites is 1. The van der Waals surface area contributed by atoms with Crippen LogP contribution in [0.4, 0.5) is 0 Å². The number of hydrogen-bond acceptors (Lipinski definition) is 6. The second-order valence-electron chi connectivity index (χ2n) is 4.64. The first-order chi connectivity index (χ1) is 11.2. The standard InChI is InChI=1S/C16H18N2O5/c1-21-15(19)13-11-14(16(20)22-2)18(17-13)9-6-10-23-12-7-4-3-5-8-12/h3-5,7-8,11H,6,9-10H2,1-2H3. The maximum absolute atomic E-state index is 11.7. The molecule has 0 aliphatic rings. The molecule has 1 heterocycles. The van der Waals surface area contributed by atoms with E-state index in [1.807, 2.05) is 30.3 Å². The Hall–Kier alpha value is -2.83. The van der Waals surface area contributed by atoms with Gasteiger partial charge in [0.25, 0.3) is 0 Å². The summed E-state index contributed by atoms with van der Waals surface area (Å²) in [4.78, 5) is 23.3. The molecule has 0 spiro atoms. The van der Waals surface area contributed by atoms with E-state index in [9.17, 15) is 9.59 Å². The molecule has 0 aliphatic carbocycles. The van der Waals surface area contributed by atoms with E-state index in [2.05, 4.69) is 9.84 Å². The van der Waals surface area contributed by atoms with Crippen LogP contribution in [0.25, 0.3) is 0 Å². The van der Waals surface area contributed by atoms with Crippen molar-refractivity contribution in [2.75, 3.05) is 20.8 Å². The first-order valence-electron chi connectivity index (χ1n) is 7.08. The van der Waals surface area contributed by atoms with Crippen molar-refractivity contribution in [1.29, 1.82) is 0 Å². The Balaban J connectivity index is 1.98. The largest absolute Gasteiger partial charge is 0.494 e. The minimum atomic E-state index is -0.602. The van der Waals surface area contributed by atoms with E-state index in [4.69, 9.17) is 9.47 Å². The summed E-state index contributed by atoms with van der Waals surface area (Å²) >= 11 is 0. The Morgan fingerprint density at radius 2 is 1.78 bits per heavy atom. The highest BCUT2D eigenvalue weighted by molar-refractivity contribution is 5.93. The minimum Gasteiger partial charge on any atom is -0.494 e. The van der Waals surface area contributed by atoms with E-state index in [1.54, 1.807) is 0 Å². The number of ether oxygens (including phenoxy) is 3. The topological polar surface area (TPSA) is 79.7 Å². The predicted molar refractivity (Wildman–Crippen MR) is 81.5 cm³/mol. The summed E-state index contributed by atoms with van der Waals surface area (Å²) in [7, 11) is 2.53. The maximum Gasteiger partial charge on any atom is 0.358 e. The highest BCUT2D eigenvalue weighted by Gasteiger charge is 2.19. The molecule has 0 aliphatic heterocycles. The van der Waals surface area contributed by atoms with Crippen LogP contribution in [0.5, 0.6) is 5.75 Å². The van der Waals surface area contributed by atoms with Gasteiger partial charge in [-0.2, -0.15) is 5.10 Å². The number of nitrogens with zero attached hydrogens (tertiary/aromatic N) is 2. The van der Waals surface area contributed by atoms with Crippen molar-refractivity contribution in [3.05, 3.63) is 47.8 Å². The molecule has 23 heavy (non-hydrogen) atoms. The summed E-state index contributed by atoms with van der Waals surface area (Å²) in [5.41, 5.74) is 0.268. The second kappa shape index (κ2) is 7.98. The van der Waals surface area contributed by atoms with Crippen LogP contribution in [-0.4, -0.2) is 42.5 Å². The number of rotatable bonds is 7. The van der Waals surface area contributed by atoms with Gasteiger partial charge in [-0.05, 0) is 12.1 Å². The fourth-order valence-corrected chi connectivity index (χ4v) is 1.98. The number of methoxy groups -OCH3 is 2. The first-order valence-corrected chi connectivity index (χ1v) is 7.08. The van der Waals surface area contributed by atoms with Gasteiger partial charge in [0.15, 0.2) is 5.69 Å². The van der Waals surface area contributed by atoms with E-state index in [0.717, 1.165) is 5.75 Å². The van der Waals surface area contributed by atoms with Crippen molar-refractivity contribution in [1.82, 2.24) is 9.78 Å². The van der Waals surface area contributed by atoms with Crippen LogP contribution in [-0.2, 0) is 16.0 Å². The summed E-state index contributed by atoms with van der Waals surface area (Å²) in [6.07, 6.45) is 0.612. The van der Waals surface area contributed by atoms with E-state index >= 15 is 0 Å². The van der Waals surface area contributed by atoms with Gasteiger partial charge in [-0.1, -0.05) is 18.2 Å². The monoisotopic (exact) mass is 318 g/mol. The molecule has 1 aromatic carbocycles. The molecule has 0 atom stereocenters. The van der Waals surface area contributed by atoms with Crippen LogP contribution < -0.4 is 4.74 Å². The lowest BCUT2D eigenvalue weighted by Gasteiger charge is -2.07. The molecule has 0 N–H and O–H groups in total. The molecule has 7 nitrogen and oxygen atoms in total. The van der Waals surface area contributed by atoms with Gasteiger partial charge in [-0.25, -0.2) is 9.59 Å². The van der Waals surface area contributed by atoms with Gasteiger partial charge in [-0.15, -0.1) is 0 Å². The third-order valence-corrected chi connectivity index (χ3v) is 3.10. The van der Waals surface area contributed by atoms with Crippen LogP contribution in [0.15, 0.2) is 36.4 Å². The van der Waals surface area contributed by atoms with Gasteiger partial charge in [0.2, 0.25) is 0 Å². The number of benzene rings is 1. The van der Waals surface area contributed by atoms with Gasteiger partial charge in [0.1, 0.15) is 11.4 Å². The molecular weight excluding hydrogens is 300 g/mol. The lowest BCUT2D eigenvalue weighted by Crippen LogP contribution is -2.14. The normalized spacial score (nSPS) is 10.2. The Bertz CT molecular complexity index is 666. The third kappa shape index (κ3) is 4.32. The highest BCUT2D eigenvalue weighted by Crippen LogP contribution is 2.11. The zero-order valence-electron chi connectivity index (χ0n) is 13.0. The number of aromatic nitrogens is 2. The smallest absolute Gasteiger partial charge is 0.358 e. The molecule has 0 amide bonds. The van der Waals surface area contributed by atoms with Gasteiger partial charge in [-0.3, -0.25) is 4.68 Å². The van der Waals surface area contributed by atoms with Crippen LogP contribution in [0.2, 0.25) is 0 Å². The predicted octanol–water partition coefficient (Wildman–Crippen LogP) is 1.93. The molecule has 0 saturated carbocycles. The van der Waals surface area contributed by atoms with Gasteiger partial charge in [0, 0.05) is 19.0 Å². The van der Waals surface area contributed by atoms with E-state index < -0.39 is 11.9 Å². The lowest BCUT2D eigenvalue weighted by atomic mass is 10.3. The quantitative estimate of drug-likeness (QED) is 0.573. The third-order valence-electron chi connectivity index (χ3n) is 3.10. The molecule has 122 valence electrons. The summed E-state index contributed by atoms with van der Waals surface area (Å²) in [6.45, 7) is 0.867. The molecule has 7 heteroatoms. The number of aryl methyl sites for hydroxylation is 1. The molecule has 0 fully saturated rings. The van der Waals surface area contributed by atoms with Crippen molar-refractivity contribution in [3.63, 3.8) is 0 Å². The van der Waals surface area contributed by atoms with Crippen molar-refractivity contribution < 1.29 is 23.8 Å². The lowest BCUT2D eigenvalue weighted by molar-refractivity contribution is 0.0580. The van der Waals surface area contributed by atoms with Crippen molar-refractivity contribution in [2.45, 2.75) is 13.0 Å². The van der Waals surface area contributed by atoms with Gasteiger partial charge >= 0.3 is 11.9 Å². The van der Waals surface area contributed by atoms with Crippen LogP contribution >= 0.6 is 0 Å². The second-order valence-corrected chi connectivity index (χ2v) is 4.64. The van der Waals surface area contributed by atoms with E-state index in [1.165, 1.54) is 25.0 Å². The highest BCUT2D eigenvalue weighted by atomic mass is 16.5. The number of carbonyl (C=O) groups is 2. The Morgan fingerprint density at radius 3 is 2.43 bits per heavy atom. The van der Waals surface area contributed by atoms with E-state index in [0.29, 0.717) is 19.6 Å². The average molecular weight is 318 g/mol. The molecule has 2 aromatic rings.